The van der Waals surface area contributed by atoms with Gasteiger partial charge in [0.15, 0.2) is 5.65 Å². The number of likely N-dealkylation sites (N-methyl/N-ethyl adjacent to an activating group) is 1. The van der Waals surface area contributed by atoms with E-state index in [1.54, 1.807) is 6.33 Å². The molecule has 46 heavy (non-hydrogen) atoms. The Morgan fingerprint density at radius 3 is 2.57 bits per heavy atom. The third-order valence-corrected chi connectivity index (χ3v) is 10.4. The van der Waals surface area contributed by atoms with Crippen LogP contribution in [0.1, 0.15) is 36.3 Å². The highest BCUT2D eigenvalue weighted by Gasteiger charge is 2.39. The normalized spacial score (nSPS) is 22.7. The molecule has 3 aliphatic heterocycles. The summed E-state index contributed by atoms with van der Waals surface area (Å²) in [6.45, 7) is 7.91. The minimum atomic E-state index is -1.08. The van der Waals surface area contributed by atoms with Crippen molar-refractivity contribution >= 4 is 16.9 Å². The standard InChI is InChI=1S/C36H45N7O3/c1-39-18-20-40(21-19-39)24-27-6-5-9-29(22-27)43-15-11-31-33(43)38-26-42(35(31)45)25-36(46)12-16-41(17-13-36)34(44)30-10-14-37-23-32(30)28-7-3-2-4-8-28/h2-9,11,15,22,26,30,32,37,46H,10,12-14,16-21,23-25H2,1H3/t30-,32+/m1/s1. The fourth-order valence-electron chi connectivity index (χ4n) is 7.50. The molecule has 3 saturated heterocycles. The van der Waals surface area contributed by atoms with Gasteiger partial charge >= 0.3 is 0 Å². The maximum absolute atomic E-state index is 13.7. The Morgan fingerprint density at radius 1 is 1.00 bits per heavy atom. The van der Waals surface area contributed by atoms with Crippen LogP contribution < -0.4 is 10.9 Å². The summed E-state index contributed by atoms with van der Waals surface area (Å²) in [6.07, 6.45) is 5.11. The van der Waals surface area contributed by atoms with Crippen LogP contribution in [0.25, 0.3) is 16.7 Å². The third kappa shape index (κ3) is 6.40. The largest absolute Gasteiger partial charge is 0.388 e. The second-order valence-electron chi connectivity index (χ2n) is 13.5. The number of piperidine rings is 2. The Hall–Kier alpha value is -3.83. The molecule has 0 saturated carbocycles. The second-order valence-corrected chi connectivity index (χ2v) is 13.5. The van der Waals surface area contributed by atoms with Crippen molar-refractivity contribution in [3.63, 3.8) is 0 Å². The highest BCUT2D eigenvalue weighted by molar-refractivity contribution is 5.80. The Balaban J connectivity index is 1.02. The van der Waals surface area contributed by atoms with Crippen molar-refractivity contribution in [1.82, 2.24) is 34.1 Å². The van der Waals surface area contributed by atoms with Crippen molar-refractivity contribution in [2.24, 2.45) is 5.92 Å². The topological polar surface area (TPSA) is 98.9 Å². The van der Waals surface area contributed by atoms with Gasteiger partial charge in [0.2, 0.25) is 5.91 Å². The maximum atomic E-state index is 13.7. The number of amides is 1. The summed E-state index contributed by atoms with van der Waals surface area (Å²) in [5, 5.41) is 15.6. The van der Waals surface area contributed by atoms with E-state index in [-0.39, 0.29) is 29.8 Å². The molecule has 1 amide bonds. The van der Waals surface area contributed by atoms with E-state index in [4.69, 9.17) is 4.98 Å². The molecule has 2 aromatic carbocycles. The first-order chi connectivity index (χ1) is 22.4. The molecule has 10 heteroatoms. The lowest BCUT2D eigenvalue weighted by Crippen LogP contribution is -2.52. The van der Waals surface area contributed by atoms with Crippen molar-refractivity contribution in [3.8, 4) is 5.69 Å². The van der Waals surface area contributed by atoms with E-state index in [0.717, 1.165) is 57.9 Å². The van der Waals surface area contributed by atoms with Gasteiger partial charge in [-0.3, -0.25) is 19.1 Å². The SMILES string of the molecule is CN1CCN(Cc2cccc(-n3ccc4c(=O)n(CC5(O)CCN(C(=O)[C@@H]6CCNC[C@H]6c6ccccc6)CC5)cnc43)c2)CC1. The Labute approximate surface area is 270 Å². The highest BCUT2D eigenvalue weighted by Crippen LogP contribution is 2.33. The summed E-state index contributed by atoms with van der Waals surface area (Å²) in [5.41, 5.74) is 2.77. The molecule has 0 spiro atoms. The van der Waals surface area contributed by atoms with Crippen LogP contribution in [0.2, 0.25) is 0 Å². The molecule has 2 aromatic heterocycles. The summed E-state index contributed by atoms with van der Waals surface area (Å²) < 4.78 is 3.50. The zero-order valence-corrected chi connectivity index (χ0v) is 26.7. The number of likely N-dealkylation sites (tertiary alicyclic amines) is 1. The van der Waals surface area contributed by atoms with Gasteiger partial charge in [0, 0.05) is 76.1 Å². The van der Waals surface area contributed by atoms with Crippen LogP contribution in [0.4, 0.5) is 0 Å². The summed E-state index contributed by atoms with van der Waals surface area (Å²) in [7, 11) is 2.17. The van der Waals surface area contributed by atoms with E-state index in [9.17, 15) is 14.7 Å². The molecular formula is C36H45N7O3. The molecule has 0 aliphatic carbocycles. The Kier molecular flexibility index (Phi) is 8.78. The van der Waals surface area contributed by atoms with E-state index in [2.05, 4.69) is 52.5 Å². The number of benzene rings is 2. The molecule has 10 nitrogen and oxygen atoms in total. The van der Waals surface area contributed by atoms with Crippen LogP contribution in [0.15, 0.2) is 78.0 Å². The number of aromatic nitrogens is 3. The van der Waals surface area contributed by atoms with E-state index in [0.29, 0.717) is 37.0 Å². The number of aliphatic hydroxyl groups is 1. The van der Waals surface area contributed by atoms with Gasteiger partial charge in [-0.15, -0.1) is 0 Å². The predicted octanol–water partition coefficient (Wildman–Crippen LogP) is 2.68. The lowest BCUT2D eigenvalue weighted by atomic mass is 9.80. The number of piperazine rings is 1. The second kappa shape index (κ2) is 13.1. The number of carbonyl (C=O) groups is 1. The summed E-state index contributed by atoms with van der Waals surface area (Å²) >= 11 is 0. The molecule has 242 valence electrons. The third-order valence-electron chi connectivity index (χ3n) is 10.4. The van der Waals surface area contributed by atoms with Gasteiger partial charge in [0.1, 0.15) is 6.33 Å². The first-order valence-electron chi connectivity index (χ1n) is 16.7. The number of carbonyl (C=O) groups excluding carboxylic acids is 1. The van der Waals surface area contributed by atoms with Crippen LogP contribution in [0.5, 0.6) is 0 Å². The van der Waals surface area contributed by atoms with Crippen LogP contribution in [-0.2, 0) is 17.9 Å². The van der Waals surface area contributed by atoms with Gasteiger partial charge < -0.3 is 24.8 Å². The van der Waals surface area contributed by atoms with Gasteiger partial charge in [-0.25, -0.2) is 4.98 Å². The first kappa shape index (κ1) is 30.8. The molecule has 5 heterocycles. The fourth-order valence-corrected chi connectivity index (χ4v) is 7.50. The van der Waals surface area contributed by atoms with Crippen molar-refractivity contribution in [2.75, 3.05) is 59.4 Å². The van der Waals surface area contributed by atoms with E-state index in [1.807, 2.05) is 46.0 Å². The van der Waals surface area contributed by atoms with E-state index in [1.165, 1.54) is 15.7 Å². The van der Waals surface area contributed by atoms with Crippen molar-refractivity contribution in [1.29, 1.82) is 0 Å². The average molecular weight is 624 g/mol. The maximum Gasteiger partial charge on any atom is 0.262 e. The summed E-state index contributed by atoms with van der Waals surface area (Å²) in [6, 6.07) is 20.5. The molecule has 7 rings (SSSR count). The zero-order chi connectivity index (χ0) is 31.7. The van der Waals surface area contributed by atoms with Gasteiger partial charge in [0.25, 0.3) is 5.56 Å². The molecule has 2 atom stereocenters. The highest BCUT2D eigenvalue weighted by atomic mass is 16.3. The molecule has 3 aliphatic rings. The van der Waals surface area contributed by atoms with Crippen LogP contribution in [0.3, 0.4) is 0 Å². The number of fused-ring (bicyclic) bond motifs is 1. The number of hydrogen-bond donors (Lipinski definition) is 2. The molecule has 0 unspecified atom stereocenters. The van der Waals surface area contributed by atoms with Crippen LogP contribution >= 0.6 is 0 Å². The molecule has 0 bridgehead atoms. The van der Waals surface area contributed by atoms with Crippen molar-refractivity contribution < 1.29 is 9.90 Å². The molecule has 4 aromatic rings. The van der Waals surface area contributed by atoms with E-state index >= 15 is 0 Å². The number of nitrogens with one attached hydrogen (secondary N) is 1. The van der Waals surface area contributed by atoms with Gasteiger partial charge in [0.05, 0.1) is 17.5 Å². The monoisotopic (exact) mass is 623 g/mol. The molecular weight excluding hydrogens is 578 g/mol. The quantitative estimate of drug-likeness (QED) is 0.327. The molecule has 0 radical (unpaired) electrons. The van der Waals surface area contributed by atoms with Crippen molar-refractivity contribution in [2.45, 2.75) is 43.9 Å². The van der Waals surface area contributed by atoms with E-state index < -0.39 is 5.60 Å². The summed E-state index contributed by atoms with van der Waals surface area (Å²) in [4.78, 5) is 38.8. The average Bonchev–Trinajstić information content (AvgIpc) is 3.53. The van der Waals surface area contributed by atoms with Gasteiger partial charge in [-0.2, -0.15) is 0 Å². The smallest absolute Gasteiger partial charge is 0.262 e. The van der Waals surface area contributed by atoms with Gasteiger partial charge in [-0.05, 0) is 62.2 Å². The van der Waals surface area contributed by atoms with Gasteiger partial charge in [-0.1, -0.05) is 42.5 Å². The zero-order valence-electron chi connectivity index (χ0n) is 26.7. The molecule has 2 N–H and O–H groups in total. The Bertz CT molecular complexity index is 1720. The fraction of sp³-hybridized carbons (Fsp3) is 0.472. The number of rotatable bonds is 7. The van der Waals surface area contributed by atoms with Crippen molar-refractivity contribution in [3.05, 3.63) is 94.7 Å². The number of nitrogens with zero attached hydrogens (tertiary/aromatic N) is 6. The predicted molar refractivity (Wildman–Crippen MR) is 179 cm³/mol. The van der Waals surface area contributed by atoms with Crippen LogP contribution in [-0.4, -0.2) is 105 Å². The molecule has 3 fully saturated rings. The Morgan fingerprint density at radius 2 is 1.78 bits per heavy atom. The summed E-state index contributed by atoms with van der Waals surface area (Å²) in [5.74, 6) is 0.249. The minimum Gasteiger partial charge on any atom is -0.388 e. The number of hydrogen-bond acceptors (Lipinski definition) is 7. The van der Waals surface area contributed by atoms with Crippen LogP contribution in [0, 0.1) is 5.92 Å². The minimum absolute atomic E-state index is 0.0689. The lowest BCUT2D eigenvalue weighted by molar-refractivity contribution is -0.141. The first-order valence-corrected chi connectivity index (χ1v) is 16.7. The lowest BCUT2D eigenvalue weighted by Gasteiger charge is -2.41.